The number of piperidine rings is 1. The van der Waals surface area contributed by atoms with Gasteiger partial charge < -0.3 is 15.5 Å². The SMILES string of the molecule is CC1CCC(C(C)C2C(O)CC3C4CCC5=CC(O)CCC5(C)C4CCC32C)NC1. The molecule has 3 heteroatoms. The Bertz CT molecular complexity index is 682. The quantitative estimate of drug-likeness (QED) is 0.561. The van der Waals surface area contributed by atoms with Gasteiger partial charge in [0.05, 0.1) is 12.2 Å². The molecule has 4 aliphatic carbocycles. The molecule has 0 amide bonds. The Labute approximate surface area is 184 Å². The minimum absolute atomic E-state index is 0.132. The summed E-state index contributed by atoms with van der Waals surface area (Å²) in [6, 6.07) is 0.576. The van der Waals surface area contributed by atoms with Crippen LogP contribution in [-0.2, 0) is 0 Å². The first-order valence-electron chi connectivity index (χ1n) is 13.0. The molecule has 0 bridgehead atoms. The second-order valence-corrected chi connectivity index (χ2v) is 12.6. The summed E-state index contributed by atoms with van der Waals surface area (Å²) in [5, 5.41) is 25.4. The summed E-state index contributed by atoms with van der Waals surface area (Å²) in [4.78, 5) is 0. The van der Waals surface area contributed by atoms with E-state index < -0.39 is 0 Å². The molecular weight excluding hydrogens is 370 g/mol. The molecule has 0 aromatic rings. The van der Waals surface area contributed by atoms with E-state index in [9.17, 15) is 10.2 Å². The van der Waals surface area contributed by atoms with Gasteiger partial charge in [-0.25, -0.2) is 0 Å². The molecule has 0 radical (unpaired) electrons. The van der Waals surface area contributed by atoms with Crippen LogP contribution in [-0.4, -0.2) is 35.0 Å². The van der Waals surface area contributed by atoms with Gasteiger partial charge in [-0.2, -0.15) is 0 Å². The van der Waals surface area contributed by atoms with Crippen LogP contribution < -0.4 is 5.32 Å². The van der Waals surface area contributed by atoms with Crippen molar-refractivity contribution in [3.63, 3.8) is 0 Å². The van der Waals surface area contributed by atoms with Crippen molar-refractivity contribution in [3.8, 4) is 0 Å². The highest BCUT2D eigenvalue weighted by Gasteiger charge is 2.62. The second kappa shape index (κ2) is 7.59. The topological polar surface area (TPSA) is 52.5 Å². The van der Waals surface area contributed by atoms with Crippen molar-refractivity contribution in [2.45, 2.75) is 104 Å². The van der Waals surface area contributed by atoms with E-state index in [4.69, 9.17) is 0 Å². The van der Waals surface area contributed by atoms with Crippen molar-refractivity contribution in [3.05, 3.63) is 11.6 Å². The first-order valence-corrected chi connectivity index (χ1v) is 13.0. The molecule has 1 saturated heterocycles. The van der Waals surface area contributed by atoms with Crippen molar-refractivity contribution < 1.29 is 10.2 Å². The van der Waals surface area contributed by atoms with Gasteiger partial charge in [-0.15, -0.1) is 0 Å². The smallest absolute Gasteiger partial charge is 0.0724 e. The van der Waals surface area contributed by atoms with Crippen molar-refractivity contribution in [2.24, 2.45) is 46.3 Å². The maximum absolute atomic E-state index is 11.4. The molecule has 3 nitrogen and oxygen atoms in total. The van der Waals surface area contributed by atoms with Crippen LogP contribution in [0.2, 0.25) is 0 Å². The zero-order valence-electron chi connectivity index (χ0n) is 19.7. The third-order valence-electron chi connectivity index (χ3n) is 11.1. The highest BCUT2D eigenvalue weighted by Crippen LogP contribution is 2.67. The molecule has 3 saturated carbocycles. The molecule has 0 aromatic heterocycles. The van der Waals surface area contributed by atoms with Gasteiger partial charge in [0.2, 0.25) is 0 Å². The number of allylic oxidation sites excluding steroid dienone is 1. The van der Waals surface area contributed by atoms with Gasteiger partial charge >= 0.3 is 0 Å². The molecule has 5 aliphatic rings. The van der Waals surface area contributed by atoms with Crippen LogP contribution in [0.25, 0.3) is 0 Å². The fraction of sp³-hybridized carbons (Fsp3) is 0.926. The molecule has 0 spiro atoms. The van der Waals surface area contributed by atoms with Gasteiger partial charge in [-0.1, -0.05) is 39.3 Å². The summed E-state index contributed by atoms with van der Waals surface area (Å²) in [6.45, 7) is 11.0. The second-order valence-electron chi connectivity index (χ2n) is 12.6. The Kier molecular flexibility index (Phi) is 5.43. The van der Waals surface area contributed by atoms with Crippen molar-refractivity contribution >= 4 is 0 Å². The number of hydrogen-bond acceptors (Lipinski definition) is 3. The number of rotatable bonds is 2. The van der Waals surface area contributed by atoms with Gasteiger partial charge in [0.1, 0.15) is 0 Å². The van der Waals surface area contributed by atoms with Gasteiger partial charge in [-0.3, -0.25) is 0 Å². The molecule has 1 aliphatic heterocycles. The molecule has 11 unspecified atom stereocenters. The van der Waals surface area contributed by atoms with Gasteiger partial charge in [0, 0.05) is 6.04 Å². The van der Waals surface area contributed by atoms with Crippen LogP contribution in [0.3, 0.4) is 0 Å². The zero-order valence-corrected chi connectivity index (χ0v) is 19.7. The normalized spacial score (nSPS) is 54.5. The van der Waals surface area contributed by atoms with E-state index in [0.717, 1.165) is 43.6 Å². The fourth-order valence-electron chi connectivity index (χ4n) is 9.43. The van der Waals surface area contributed by atoms with E-state index in [2.05, 4.69) is 39.1 Å². The first-order chi connectivity index (χ1) is 14.2. The van der Waals surface area contributed by atoms with E-state index in [0.29, 0.717) is 29.2 Å². The number of aliphatic hydroxyl groups is 2. The van der Waals surface area contributed by atoms with Crippen LogP contribution in [0.1, 0.15) is 85.5 Å². The molecule has 0 aromatic carbocycles. The van der Waals surface area contributed by atoms with E-state index in [1.165, 1.54) is 38.5 Å². The summed E-state index contributed by atoms with van der Waals surface area (Å²) in [5.74, 6) is 3.96. The van der Waals surface area contributed by atoms with Crippen LogP contribution in [0.15, 0.2) is 11.6 Å². The third kappa shape index (κ3) is 3.17. The molecule has 1 heterocycles. The Morgan fingerprint density at radius 2 is 1.83 bits per heavy atom. The van der Waals surface area contributed by atoms with Crippen molar-refractivity contribution in [1.29, 1.82) is 0 Å². The van der Waals surface area contributed by atoms with Crippen LogP contribution in [0.5, 0.6) is 0 Å². The van der Waals surface area contributed by atoms with Crippen molar-refractivity contribution in [1.82, 2.24) is 5.32 Å². The van der Waals surface area contributed by atoms with E-state index in [-0.39, 0.29) is 17.6 Å². The summed E-state index contributed by atoms with van der Waals surface area (Å²) < 4.78 is 0. The number of hydrogen-bond donors (Lipinski definition) is 3. The monoisotopic (exact) mass is 415 g/mol. The summed E-state index contributed by atoms with van der Waals surface area (Å²) in [5.41, 5.74) is 2.13. The number of nitrogens with one attached hydrogen (secondary N) is 1. The van der Waals surface area contributed by atoms with Gasteiger partial charge in [0.25, 0.3) is 0 Å². The van der Waals surface area contributed by atoms with E-state index >= 15 is 0 Å². The zero-order chi connectivity index (χ0) is 21.3. The lowest BCUT2D eigenvalue weighted by Crippen LogP contribution is -2.53. The van der Waals surface area contributed by atoms with E-state index in [1.54, 1.807) is 5.57 Å². The predicted molar refractivity (Wildman–Crippen MR) is 122 cm³/mol. The lowest BCUT2D eigenvalue weighted by molar-refractivity contribution is -0.0702. The average Bonchev–Trinajstić information content (AvgIpc) is 2.98. The first kappa shape index (κ1) is 21.5. The van der Waals surface area contributed by atoms with Crippen LogP contribution in [0.4, 0.5) is 0 Å². The lowest BCUT2D eigenvalue weighted by Gasteiger charge is -2.59. The highest BCUT2D eigenvalue weighted by molar-refractivity contribution is 5.25. The Morgan fingerprint density at radius 1 is 1.03 bits per heavy atom. The molecule has 3 N–H and O–H groups in total. The lowest BCUT2D eigenvalue weighted by atomic mass is 9.46. The van der Waals surface area contributed by atoms with Crippen LogP contribution in [0, 0.1) is 46.3 Å². The van der Waals surface area contributed by atoms with Crippen LogP contribution >= 0.6 is 0 Å². The molecular formula is C27H45NO2. The molecule has 4 fully saturated rings. The molecule has 30 heavy (non-hydrogen) atoms. The molecule has 11 atom stereocenters. The summed E-state index contributed by atoms with van der Waals surface area (Å²) in [7, 11) is 0. The minimum atomic E-state index is -0.220. The third-order valence-corrected chi connectivity index (χ3v) is 11.1. The van der Waals surface area contributed by atoms with Gasteiger partial charge in [-0.05, 0) is 111 Å². The van der Waals surface area contributed by atoms with E-state index in [1.807, 2.05) is 0 Å². The maximum Gasteiger partial charge on any atom is 0.0724 e. The highest BCUT2D eigenvalue weighted by atomic mass is 16.3. The fourth-order valence-corrected chi connectivity index (χ4v) is 9.43. The Morgan fingerprint density at radius 3 is 2.57 bits per heavy atom. The predicted octanol–water partition coefficient (Wildman–Crippen LogP) is 4.92. The number of aliphatic hydroxyl groups excluding tert-OH is 2. The largest absolute Gasteiger partial charge is 0.393 e. The minimum Gasteiger partial charge on any atom is -0.393 e. The van der Waals surface area contributed by atoms with Gasteiger partial charge in [0.15, 0.2) is 0 Å². The average molecular weight is 416 g/mol. The Balaban J connectivity index is 1.39. The summed E-state index contributed by atoms with van der Waals surface area (Å²) in [6.07, 6.45) is 12.6. The Hall–Kier alpha value is -0.380. The van der Waals surface area contributed by atoms with Crippen molar-refractivity contribution in [2.75, 3.05) is 6.54 Å². The number of fused-ring (bicyclic) bond motifs is 5. The standard InChI is InChI=1S/C27H45NO2/c1-16-5-8-23(28-15-16)17(2)25-24(30)14-22-20-7-6-18-13-19(29)9-11-26(18,3)21(20)10-12-27(22,25)4/h13,16-17,19-25,28-30H,5-12,14-15H2,1-4H3. The maximum atomic E-state index is 11.4. The molecule has 5 rings (SSSR count). The summed E-state index contributed by atoms with van der Waals surface area (Å²) >= 11 is 0. The molecule has 170 valence electrons.